The molecule has 1 aliphatic heterocycles. The number of carbonyl (C=O) groups is 1. The minimum Gasteiger partial charge on any atom is -0.368 e. The van der Waals surface area contributed by atoms with Crippen LogP contribution in [0.25, 0.3) is 0 Å². The molecule has 1 saturated heterocycles. The molecule has 1 aliphatic rings. The minimum atomic E-state index is -0.397. The maximum absolute atomic E-state index is 13.0. The molecule has 0 radical (unpaired) electrons. The monoisotopic (exact) mass is 411 g/mol. The van der Waals surface area contributed by atoms with Crippen LogP contribution in [0.3, 0.4) is 0 Å². The third kappa shape index (κ3) is 4.22. The van der Waals surface area contributed by atoms with Crippen LogP contribution in [0.5, 0.6) is 0 Å². The molecule has 0 atom stereocenters. The van der Waals surface area contributed by atoms with Gasteiger partial charge in [-0.3, -0.25) is 4.79 Å². The van der Waals surface area contributed by atoms with Crippen molar-refractivity contribution in [3.63, 3.8) is 0 Å². The number of benzene rings is 1. The van der Waals surface area contributed by atoms with Crippen LogP contribution in [-0.2, 0) is 0 Å². The Bertz CT molecular complexity index is 1010. The second-order valence-electron chi connectivity index (χ2n) is 6.99. The topological polar surface area (TPSA) is 61.4 Å². The molecular weight excluding hydrogens is 389 g/mol. The third-order valence-corrected chi connectivity index (χ3v) is 6.04. The van der Waals surface area contributed by atoms with Crippen LogP contribution >= 0.6 is 11.3 Å². The summed E-state index contributed by atoms with van der Waals surface area (Å²) < 4.78 is 13.0. The predicted octanol–water partition coefficient (Wildman–Crippen LogP) is 4.00. The molecule has 0 bridgehead atoms. The van der Waals surface area contributed by atoms with Crippen LogP contribution in [0.2, 0.25) is 0 Å². The zero-order valence-electron chi connectivity index (χ0n) is 16.4. The highest BCUT2D eigenvalue weighted by molar-refractivity contribution is 7.17. The van der Waals surface area contributed by atoms with Gasteiger partial charge >= 0.3 is 0 Å². The van der Waals surface area contributed by atoms with E-state index in [9.17, 15) is 9.18 Å². The fourth-order valence-corrected chi connectivity index (χ4v) is 4.36. The molecule has 0 saturated carbocycles. The number of para-hydroxylation sites is 1. The largest absolute Gasteiger partial charge is 0.368 e. The maximum atomic E-state index is 13.0. The molecule has 150 valence electrons. The average molecular weight is 412 g/mol. The number of nitrogens with zero attached hydrogens (tertiary/aromatic N) is 4. The van der Waals surface area contributed by atoms with Gasteiger partial charge in [-0.1, -0.05) is 29.5 Å². The summed E-state index contributed by atoms with van der Waals surface area (Å²) in [5.74, 6) is 0.0992. The van der Waals surface area contributed by atoms with E-state index in [1.807, 2.05) is 24.0 Å². The number of rotatable bonds is 4. The Kier molecular flexibility index (Phi) is 5.44. The molecule has 8 heteroatoms. The van der Waals surface area contributed by atoms with Crippen molar-refractivity contribution in [2.75, 3.05) is 36.4 Å². The SMILES string of the molecule is Cc1ccccc1N1CCN(C(=O)c2sc(Nc3ccc(F)cn3)nc2C)CC1. The van der Waals surface area contributed by atoms with E-state index in [4.69, 9.17) is 0 Å². The first-order valence-electron chi connectivity index (χ1n) is 9.47. The number of hydrogen-bond acceptors (Lipinski definition) is 6. The lowest BCUT2D eigenvalue weighted by Gasteiger charge is -2.36. The Morgan fingerprint density at radius 2 is 1.86 bits per heavy atom. The zero-order valence-corrected chi connectivity index (χ0v) is 17.2. The molecule has 4 rings (SSSR count). The fraction of sp³-hybridized carbons (Fsp3) is 0.286. The van der Waals surface area contributed by atoms with Gasteiger partial charge in [0.15, 0.2) is 5.13 Å². The van der Waals surface area contributed by atoms with Gasteiger partial charge in [-0.15, -0.1) is 0 Å². The quantitative estimate of drug-likeness (QED) is 0.703. The first-order chi connectivity index (χ1) is 14.0. The van der Waals surface area contributed by atoms with Crippen LogP contribution in [-0.4, -0.2) is 47.0 Å². The summed E-state index contributed by atoms with van der Waals surface area (Å²) in [5.41, 5.74) is 3.16. The van der Waals surface area contributed by atoms with E-state index in [-0.39, 0.29) is 5.91 Å². The van der Waals surface area contributed by atoms with E-state index >= 15 is 0 Å². The first-order valence-corrected chi connectivity index (χ1v) is 10.3. The fourth-order valence-electron chi connectivity index (χ4n) is 3.42. The van der Waals surface area contributed by atoms with Gasteiger partial charge in [-0.2, -0.15) is 0 Å². The molecule has 0 aliphatic carbocycles. The summed E-state index contributed by atoms with van der Waals surface area (Å²) in [7, 11) is 0. The molecule has 1 aromatic carbocycles. The number of amides is 1. The molecule has 3 heterocycles. The lowest BCUT2D eigenvalue weighted by Crippen LogP contribution is -2.49. The van der Waals surface area contributed by atoms with Gasteiger partial charge < -0.3 is 15.1 Å². The number of pyridine rings is 1. The van der Waals surface area contributed by atoms with Gasteiger partial charge in [0.25, 0.3) is 5.91 Å². The second-order valence-corrected chi connectivity index (χ2v) is 7.99. The summed E-state index contributed by atoms with van der Waals surface area (Å²) in [6.07, 6.45) is 1.14. The number of hydrogen-bond donors (Lipinski definition) is 1. The Hall–Kier alpha value is -3.00. The number of aromatic nitrogens is 2. The number of nitrogens with one attached hydrogen (secondary N) is 1. The van der Waals surface area contributed by atoms with Crippen molar-refractivity contribution in [3.8, 4) is 0 Å². The molecule has 1 fully saturated rings. The Morgan fingerprint density at radius 3 is 2.55 bits per heavy atom. The van der Waals surface area contributed by atoms with Crippen molar-refractivity contribution in [3.05, 3.63) is 64.5 Å². The van der Waals surface area contributed by atoms with Crippen LogP contribution in [0.1, 0.15) is 20.9 Å². The van der Waals surface area contributed by atoms with E-state index in [1.165, 1.54) is 28.7 Å². The average Bonchev–Trinajstić information content (AvgIpc) is 3.10. The Labute approximate surface area is 173 Å². The third-order valence-electron chi connectivity index (χ3n) is 4.98. The minimum absolute atomic E-state index is 0.00421. The number of halogens is 1. The van der Waals surface area contributed by atoms with Gasteiger partial charge in [0.05, 0.1) is 11.9 Å². The van der Waals surface area contributed by atoms with Crippen molar-refractivity contribution in [2.24, 2.45) is 0 Å². The molecule has 2 aromatic heterocycles. The number of thiazole rings is 1. The number of piperazine rings is 1. The normalized spacial score (nSPS) is 14.2. The summed E-state index contributed by atoms with van der Waals surface area (Å²) >= 11 is 1.30. The lowest BCUT2D eigenvalue weighted by atomic mass is 10.1. The van der Waals surface area contributed by atoms with Crippen molar-refractivity contribution in [1.82, 2.24) is 14.9 Å². The number of carbonyl (C=O) groups excluding carboxylic acids is 1. The smallest absolute Gasteiger partial charge is 0.266 e. The number of anilines is 3. The Morgan fingerprint density at radius 1 is 1.10 bits per heavy atom. The summed E-state index contributed by atoms with van der Waals surface area (Å²) in [5, 5.41) is 3.61. The van der Waals surface area contributed by atoms with E-state index in [1.54, 1.807) is 6.07 Å². The van der Waals surface area contributed by atoms with Crippen molar-refractivity contribution < 1.29 is 9.18 Å². The highest BCUT2D eigenvalue weighted by Gasteiger charge is 2.26. The molecular formula is C21H22FN5OS. The van der Waals surface area contributed by atoms with Crippen molar-refractivity contribution in [1.29, 1.82) is 0 Å². The zero-order chi connectivity index (χ0) is 20.4. The van der Waals surface area contributed by atoms with Gasteiger partial charge in [0, 0.05) is 31.9 Å². The molecule has 1 amide bonds. The van der Waals surface area contributed by atoms with Gasteiger partial charge in [-0.25, -0.2) is 14.4 Å². The highest BCUT2D eigenvalue weighted by atomic mass is 32.1. The van der Waals surface area contributed by atoms with E-state index in [0.29, 0.717) is 34.6 Å². The standard InChI is InChI=1S/C21H22FN5OS/c1-14-5-3-4-6-17(14)26-9-11-27(12-10-26)20(28)19-15(2)24-21(29-19)25-18-8-7-16(22)13-23-18/h3-8,13H,9-12H2,1-2H3,(H,23,24,25). The molecule has 6 nitrogen and oxygen atoms in total. The van der Waals surface area contributed by atoms with Gasteiger partial charge in [0.1, 0.15) is 16.5 Å². The van der Waals surface area contributed by atoms with E-state index in [0.717, 1.165) is 19.3 Å². The molecule has 0 spiro atoms. The van der Waals surface area contributed by atoms with Crippen molar-refractivity contribution in [2.45, 2.75) is 13.8 Å². The summed E-state index contributed by atoms with van der Waals surface area (Å²) in [6.45, 7) is 6.90. The van der Waals surface area contributed by atoms with Crippen molar-refractivity contribution >= 4 is 33.9 Å². The second kappa shape index (κ2) is 8.16. The molecule has 1 N–H and O–H groups in total. The lowest BCUT2D eigenvalue weighted by molar-refractivity contribution is 0.0750. The van der Waals surface area contributed by atoms with Crippen LogP contribution in [0.4, 0.5) is 21.0 Å². The summed E-state index contributed by atoms with van der Waals surface area (Å²) in [4.78, 5) is 26.3. The first kappa shape index (κ1) is 19.3. The maximum Gasteiger partial charge on any atom is 0.266 e. The van der Waals surface area contributed by atoms with Gasteiger partial charge in [0.2, 0.25) is 0 Å². The van der Waals surface area contributed by atoms with Crippen LogP contribution < -0.4 is 10.2 Å². The molecule has 0 unspecified atom stereocenters. The van der Waals surface area contributed by atoms with Gasteiger partial charge in [-0.05, 0) is 37.6 Å². The summed E-state index contributed by atoms with van der Waals surface area (Å²) in [6, 6.07) is 11.2. The highest BCUT2D eigenvalue weighted by Crippen LogP contribution is 2.27. The number of aryl methyl sites for hydroxylation is 2. The van der Waals surface area contributed by atoms with Crippen LogP contribution in [0.15, 0.2) is 42.6 Å². The van der Waals surface area contributed by atoms with E-state index < -0.39 is 5.82 Å². The van der Waals surface area contributed by atoms with Crippen LogP contribution in [0, 0.1) is 19.7 Å². The molecule has 29 heavy (non-hydrogen) atoms. The predicted molar refractivity (Wildman–Crippen MR) is 114 cm³/mol. The van der Waals surface area contributed by atoms with E-state index in [2.05, 4.69) is 39.2 Å². The Balaban J connectivity index is 1.42. The molecule has 3 aromatic rings.